The lowest BCUT2D eigenvalue weighted by Crippen LogP contribution is -2.04. The van der Waals surface area contributed by atoms with E-state index in [9.17, 15) is 0 Å². The minimum absolute atomic E-state index is 0.335. The molecule has 0 aliphatic carbocycles. The van der Waals surface area contributed by atoms with E-state index in [2.05, 4.69) is 25.8 Å². The second-order valence-electron chi connectivity index (χ2n) is 4.97. The van der Waals surface area contributed by atoms with Gasteiger partial charge in [-0.1, -0.05) is 35.3 Å². The molecule has 0 bridgehead atoms. The number of para-hydroxylation sites is 2. The van der Waals surface area contributed by atoms with Gasteiger partial charge in [0.25, 0.3) is 0 Å². The van der Waals surface area contributed by atoms with Gasteiger partial charge in [-0.05, 0) is 37.3 Å². The molecular weight excluding hydrogens is 361 g/mol. The lowest BCUT2D eigenvalue weighted by Gasteiger charge is -2.12. The Hall–Kier alpha value is -2.57. The number of rotatable bonds is 6. The van der Waals surface area contributed by atoms with Crippen molar-refractivity contribution in [2.24, 2.45) is 0 Å². The number of anilines is 4. The molecule has 0 spiro atoms. The topological polar surface area (TPSA) is 72.0 Å². The Balaban J connectivity index is 1.80. The van der Waals surface area contributed by atoms with Crippen LogP contribution in [0.4, 0.5) is 23.1 Å². The number of ether oxygens (including phenoxy) is 1. The van der Waals surface area contributed by atoms with Crippen LogP contribution in [0.1, 0.15) is 6.92 Å². The summed E-state index contributed by atoms with van der Waals surface area (Å²) in [5, 5.41) is 15.2. The van der Waals surface area contributed by atoms with Gasteiger partial charge in [-0.25, -0.2) is 0 Å². The molecule has 0 amide bonds. The summed E-state index contributed by atoms with van der Waals surface area (Å²) in [5.74, 6) is 1.55. The number of benzene rings is 2. The zero-order chi connectivity index (χ0) is 17.6. The van der Waals surface area contributed by atoms with Gasteiger partial charge in [0.2, 0.25) is 5.95 Å². The van der Waals surface area contributed by atoms with Crippen LogP contribution in [0.15, 0.2) is 48.7 Å². The zero-order valence-corrected chi connectivity index (χ0v) is 14.8. The number of aromatic nitrogens is 3. The number of halogens is 2. The highest BCUT2D eigenvalue weighted by atomic mass is 35.5. The maximum atomic E-state index is 6.16. The second kappa shape index (κ2) is 8.00. The van der Waals surface area contributed by atoms with Crippen molar-refractivity contribution < 1.29 is 4.74 Å². The molecule has 2 aromatic carbocycles. The van der Waals surface area contributed by atoms with Crippen molar-refractivity contribution in [2.45, 2.75) is 6.92 Å². The summed E-state index contributed by atoms with van der Waals surface area (Å²) < 4.78 is 5.58. The molecule has 25 heavy (non-hydrogen) atoms. The van der Waals surface area contributed by atoms with E-state index >= 15 is 0 Å². The summed E-state index contributed by atoms with van der Waals surface area (Å²) in [7, 11) is 0. The van der Waals surface area contributed by atoms with Crippen LogP contribution in [-0.4, -0.2) is 21.8 Å². The van der Waals surface area contributed by atoms with Gasteiger partial charge >= 0.3 is 0 Å². The molecule has 1 aromatic heterocycles. The molecule has 0 atom stereocenters. The summed E-state index contributed by atoms with van der Waals surface area (Å²) >= 11 is 12.1. The van der Waals surface area contributed by atoms with Crippen molar-refractivity contribution in [1.82, 2.24) is 15.2 Å². The third-order valence-electron chi connectivity index (χ3n) is 3.19. The first kappa shape index (κ1) is 17.3. The highest BCUT2D eigenvalue weighted by molar-refractivity contribution is 6.36. The fourth-order valence-electron chi connectivity index (χ4n) is 2.12. The van der Waals surface area contributed by atoms with Crippen molar-refractivity contribution in [3.63, 3.8) is 0 Å². The normalized spacial score (nSPS) is 10.4. The van der Waals surface area contributed by atoms with Crippen LogP contribution in [0.2, 0.25) is 10.0 Å². The Morgan fingerprint density at radius 2 is 1.88 bits per heavy atom. The summed E-state index contributed by atoms with van der Waals surface area (Å²) in [6.45, 7) is 2.49. The molecule has 0 aliphatic rings. The smallest absolute Gasteiger partial charge is 0.249 e. The van der Waals surface area contributed by atoms with Gasteiger partial charge in [0.15, 0.2) is 5.82 Å². The molecule has 8 heteroatoms. The van der Waals surface area contributed by atoms with E-state index in [4.69, 9.17) is 27.9 Å². The molecule has 0 saturated heterocycles. The molecular formula is C17H15Cl2N5O. The average molecular weight is 376 g/mol. The molecule has 0 unspecified atom stereocenters. The lowest BCUT2D eigenvalue weighted by atomic mass is 10.3. The Morgan fingerprint density at radius 3 is 2.68 bits per heavy atom. The highest BCUT2D eigenvalue weighted by Crippen LogP contribution is 2.29. The summed E-state index contributed by atoms with van der Waals surface area (Å²) in [5.41, 5.74) is 1.43. The van der Waals surface area contributed by atoms with E-state index in [1.54, 1.807) is 18.2 Å². The predicted octanol–water partition coefficient (Wildman–Crippen LogP) is 5.06. The van der Waals surface area contributed by atoms with Crippen molar-refractivity contribution in [2.75, 3.05) is 17.2 Å². The number of hydrogen-bond donors (Lipinski definition) is 2. The van der Waals surface area contributed by atoms with Gasteiger partial charge < -0.3 is 15.4 Å². The number of hydrogen-bond acceptors (Lipinski definition) is 6. The monoisotopic (exact) mass is 375 g/mol. The van der Waals surface area contributed by atoms with Crippen molar-refractivity contribution in [3.05, 3.63) is 58.7 Å². The molecule has 0 aliphatic heterocycles. The van der Waals surface area contributed by atoms with E-state index in [0.29, 0.717) is 39.9 Å². The third kappa shape index (κ3) is 4.49. The maximum Gasteiger partial charge on any atom is 0.249 e. The van der Waals surface area contributed by atoms with Crippen LogP contribution in [0, 0.1) is 0 Å². The summed E-state index contributed by atoms with van der Waals surface area (Å²) in [4.78, 5) is 4.39. The Bertz CT molecular complexity index is 875. The van der Waals surface area contributed by atoms with Gasteiger partial charge in [0.05, 0.1) is 29.2 Å². The SMILES string of the molecule is CCOc1ccccc1Nc1nncc(Nc2ccc(Cl)cc2Cl)n1. The van der Waals surface area contributed by atoms with Gasteiger partial charge in [0.1, 0.15) is 5.75 Å². The number of nitrogens with one attached hydrogen (secondary N) is 2. The van der Waals surface area contributed by atoms with E-state index in [1.807, 2.05) is 31.2 Å². The predicted molar refractivity (Wildman–Crippen MR) is 100 cm³/mol. The van der Waals surface area contributed by atoms with Gasteiger partial charge in [0, 0.05) is 5.02 Å². The Labute approximate surface area is 155 Å². The maximum absolute atomic E-state index is 6.16. The Kier molecular flexibility index (Phi) is 5.53. The van der Waals surface area contributed by atoms with Crippen molar-refractivity contribution in [1.29, 1.82) is 0 Å². The van der Waals surface area contributed by atoms with Crippen LogP contribution in [0.25, 0.3) is 0 Å². The van der Waals surface area contributed by atoms with E-state index in [-0.39, 0.29) is 0 Å². The fourth-order valence-corrected chi connectivity index (χ4v) is 2.57. The molecule has 6 nitrogen and oxygen atoms in total. The van der Waals surface area contributed by atoms with Crippen molar-refractivity contribution >= 4 is 46.3 Å². The molecule has 1 heterocycles. The van der Waals surface area contributed by atoms with Gasteiger partial charge in [-0.15, -0.1) is 5.10 Å². The molecule has 3 aromatic rings. The molecule has 128 valence electrons. The van der Waals surface area contributed by atoms with Crippen LogP contribution < -0.4 is 15.4 Å². The molecule has 2 N–H and O–H groups in total. The third-order valence-corrected chi connectivity index (χ3v) is 3.73. The number of nitrogens with zero attached hydrogens (tertiary/aromatic N) is 3. The highest BCUT2D eigenvalue weighted by Gasteiger charge is 2.08. The largest absolute Gasteiger partial charge is 0.492 e. The minimum Gasteiger partial charge on any atom is -0.492 e. The lowest BCUT2D eigenvalue weighted by molar-refractivity contribution is 0.342. The minimum atomic E-state index is 0.335. The molecule has 3 rings (SSSR count). The molecule has 0 saturated carbocycles. The molecule has 0 fully saturated rings. The van der Waals surface area contributed by atoms with Gasteiger partial charge in [-0.2, -0.15) is 10.1 Å². The fraction of sp³-hybridized carbons (Fsp3) is 0.118. The standard InChI is InChI=1S/C17H15Cl2N5O/c1-2-25-15-6-4-3-5-14(15)22-17-23-16(10-20-24-17)21-13-8-7-11(18)9-12(13)19/h3-10H,2H2,1H3,(H2,21,22,23,24). The summed E-state index contributed by atoms with van der Waals surface area (Å²) in [6, 6.07) is 12.7. The average Bonchev–Trinajstić information content (AvgIpc) is 2.60. The zero-order valence-electron chi connectivity index (χ0n) is 13.3. The van der Waals surface area contributed by atoms with Crippen LogP contribution in [0.3, 0.4) is 0 Å². The first-order valence-corrected chi connectivity index (χ1v) is 8.32. The first-order chi connectivity index (χ1) is 12.2. The Morgan fingerprint density at radius 1 is 1.04 bits per heavy atom. The molecule has 0 radical (unpaired) electrons. The van der Waals surface area contributed by atoms with Crippen LogP contribution in [0.5, 0.6) is 5.75 Å². The van der Waals surface area contributed by atoms with E-state index in [1.165, 1.54) is 6.20 Å². The van der Waals surface area contributed by atoms with E-state index in [0.717, 1.165) is 5.69 Å². The van der Waals surface area contributed by atoms with Crippen molar-refractivity contribution in [3.8, 4) is 5.75 Å². The summed E-state index contributed by atoms with van der Waals surface area (Å²) in [6.07, 6.45) is 1.50. The first-order valence-electron chi connectivity index (χ1n) is 7.56. The quantitative estimate of drug-likeness (QED) is 0.626. The van der Waals surface area contributed by atoms with Crippen LogP contribution >= 0.6 is 23.2 Å². The van der Waals surface area contributed by atoms with Crippen LogP contribution in [-0.2, 0) is 0 Å². The van der Waals surface area contributed by atoms with Gasteiger partial charge in [-0.3, -0.25) is 0 Å². The second-order valence-corrected chi connectivity index (χ2v) is 5.81. The van der Waals surface area contributed by atoms with E-state index < -0.39 is 0 Å².